The standard InChI is InChI=1S/C52H70N8O7/c1-8-59-44-17-16-35-28-39(44)40(47(59)38-14-11-18-53-45(38)33(4)66-7)29-52(5,6)31-67-51(65)41-15-12-23-60(56-41)50(64)42(26-34-24-36(35)27-37(61)25-34)55-48(62)46(32(2)3)57-19-9-10-20-58(22-13-21-57)49(63)43-30-54-43/h11,14,16-18,24-25,27-28,32-33,41-43,46,54,56,61H,8-10,12-13,15,19-23,26,29-31H2,1-7H3,(H,55,62)/t33-,41-,42-,43+,46?/m0/s1. The number of carbonyl (C=O) groups is 4. The Morgan fingerprint density at radius 3 is 2.49 bits per heavy atom. The van der Waals surface area contributed by atoms with Gasteiger partial charge in [-0.3, -0.25) is 34.1 Å². The van der Waals surface area contributed by atoms with Crippen LogP contribution >= 0.6 is 0 Å². The lowest BCUT2D eigenvalue weighted by molar-refractivity contribution is -0.155. The van der Waals surface area contributed by atoms with Crippen LogP contribution in [-0.2, 0) is 48.0 Å². The van der Waals surface area contributed by atoms with Crippen LogP contribution in [0.2, 0.25) is 0 Å². The molecule has 4 N–H and O–H groups in total. The number of hydrazine groups is 1. The summed E-state index contributed by atoms with van der Waals surface area (Å²) in [6, 6.07) is 13.4. The SMILES string of the molecule is CCn1c(-c2cccnc2[C@H](C)OC)c2c3cc(ccc31)-c1cc(O)cc(c1)C[C@H](NC(=O)C(C(C)C)N1CCCCN(C(=O)[C@H]3CN3)CCC1)C(=O)N1CCC[C@H](N1)C(=O)OCC(C)(C)C2. The minimum absolute atomic E-state index is 0.0434. The van der Waals surface area contributed by atoms with Crippen LogP contribution < -0.4 is 16.1 Å². The number of ether oxygens (including phenoxy) is 2. The van der Waals surface area contributed by atoms with Gasteiger partial charge in [-0.15, -0.1) is 0 Å². The lowest BCUT2D eigenvalue weighted by atomic mass is 9.84. The van der Waals surface area contributed by atoms with Crippen LogP contribution in [0, 0.1) is 11.3 Å². The van der Waals surface area contributed by atoms with Crippen molar-refractivity contribution in [3.05, 3.63) is 71.5 Å². The number of methoxy groups -OCH3 is 1. The third-order valence-electron chi connectivity index (χ3n) is 14.0. The first-order chi connectivity index (χ1) is 32.2. The fourth-order valence-electron chi connectivity index (χ4n) is 10.5. The van der Waals surface area contributed by atoms with E-state index in [0.29, 0.717) is 64.1 Å². The number of aromatic nitrogens is 2. The van der Waals surface area contributed by atoms with Crippen LogP contribution in [0.4, 0.5) is 0 Å². The summed E-state index contributed by atoms with van der Waals surface area (Å²) in [5, 5.41) is 20.2. The highest BCUT2D eigenvalue weighted by Gasteiger charge is 2.38. The maximum Gasteiger partial charge on any atom is 0.324 e. The summed E-state index contributed by atoms with van der Waals surface area (Å²) in [7, 11) is 1.69. The molecule has 4 aromatic rings. The second-order valence-electron chi connectivity index (χ2n) is 20.1. The van der Waals surface area contributed by atoms with Gasteiger partial charge in [0.05, 0.1) is 36.2 Å². The number of pyridine rings is 1. The van der Waals surface area contributed by atoms with Crippen LogP contribution in [0.1, 0.15) is 96.6 Å². The largest absolute Gasteiger partial charge is 0.508 e. The predicted octanol–water partition coefficient (Wildman–Crippen LogP) is 5.76. The highest BCUT2D eigenvalue weighted by atomic mass is 16.5. The summed E-state index contributed by atoms with van der Waals surface area (Å²) in [5.74, 6) is -0.951. The van der Waals surface area contributed by atoms with Crippen molar-refractivity contribution in [1.29, 1.82) is 0 Å². The number of carbonyl (C=O) groups excluding carboxylic acids is 4. The summed E-state index contributed by atoms with van der Waals surface area (Å²) in [6.45, 7) is 16.9. The van der Waals surface area contributed by atoms with E-state index in [0.717, 1.165) is 70.4 Å². The molecule has 3 amide bonds. The summed E-state index contributed by atoms with van der Waals surface area (Å²) in [5.41, 5.74) is 9.94. The minimum Gasteiger partial charge on any atom is -0.508 e. The zero-order valence-corrected chi connectivity index (χ0v) is 40.4. The maximum absolute atomic E-state index is 14.8. The van der Waals surface area contributed by atoms with Crippen molar-refractivity contribution < 1.29 is 33.8 Å². The number of hydrogen-bond acceptors (Lipinski definition) is 11. The number of phenols is 1. The maximum atomic E-state index is 14.8. The molecule has 1 unspecified atom stereocenters. The zero-order valence-electron chi connectivity index (χ0n) is 40.4. The Bertz CT molecular complexity index is 2460. The quantitative estimate of drug-likeness (QED) is 0.118. The average Bonchev–Trinajstić information content (AvgIpc) is 4.11. The molecular formula is C52H70N8O7. The van der Waals surface area contributed by atoms with Gasteiger partial charge in [0.15, 0.2) is 0 Å². The first-order valence-corrected chi connectivity index (χ1v) is 24.4. The van der Waals surface area contributed by atoms with Gasteiger partial charge in [0.1, 0.15) is 17.8 Å². The molecule has 0 spiro atoms. The Morgan fingerprint density at radius 2 is 1.75 bits per heavy atom. The molecule has 3 saturated heterocycles. The molecule has 15 nitrogen and oxygen atoms in total. The van der Waals surface area contributed by atoms with Crippen molar-refractivity contribution in [2.75, 3.05) is 53.0 Å². The molecule has 4 aliphatic heterocycles. The third kappa shape index (κ3) is 10.7. The van der Waals surface area contributed by atoms with Gasteiger partial charge in [-0.2, -0.15) is 0 Å². The van der Waals surface area contributed by atoms with Crippen molar-refractivity contribution in [2.45, 2.75) is 123 Å². The highest BCUT2D eigenvalue weighted by Crippen LogP contribution is 2.42. The minimum atomic E-state index is -1.03. The van der Waals surface area contributed by atoms with E-state index in [1.54, 1.807) is 25.4 Å². The molecule has 360 valence electrons. The van der Waals surface area contributed by atoms with Gasteiger partial charge in [-0.1, -0.05) is 39.8 Å². The molecule has 0 radical (unpaired) electrons. The second kappa shape index (κ2) is 20.5. The van der Waals surface area contributed by atoms with Crippen molar-refractivity contribution in [3.63, 3.8) is 0 Å². The van der Waals surface area contributed by atoms with Crippen LogP contribution in [0.25, 0.3) is 33.3 Å². The van der Waals surface area contributed by atoms with Crippen molar-refractivity contribution in [2.24, 2.45) is 11.3 Å². The normalized spacial score (nSPS) is 22.8. The number of phenolic OH excluding ortho intramolecular Hbond substituents is 1. The number of aryl methyl sites for hydroxylation is 1. The third-order valence-corrected chi connectivity index (χ3v) is 14.0. The molecule has 2 aromatic heterocycles. The lowest BCUT2D eigenvalue weighted by Gasteiger charge is -2.37. The molecule has 0 saturated carbocycles. The van der Waals surface area contributed by atoms with Gasteiger partial charge in [0, 0.05) is 80.9 Å². The number of cyclic esters (lactones) is 1. The molecule has 4 aliphatic rings. The van der Waals surface area contributed by atoms with E-state index < -0.39 is 29.5 Å². The first kappa shape index (κ1) is 48.1. The number of esters is 1. The molecular weight excluding hydrogens is 849 g/mol. The van der Waals surface area contributed by atoms with Crippen LogP contribution in [0.5, 0.6) is 5.75 Å². The van der Waals surface area contributed by atoms with Crippen LogP contribution in [0.3, 0.4) is 0 Å². The van der Waals surface area contributed by atoms with E-state index in [-0.39, 0.29) is 54.6 Å². The lowest BCUT2D eigenvalue weighted by Crippen LogP contribution is -2.62. The Labute approximate surface area is 394 Å². The van der Waals surface area contributed by atoms with Gasteiger partial charge in [0.25, 0.3) is 5.91 Å². The summed E-state index contributed by atoms with van der Waals surface area (Å²) < 4.78 is 14.3. The molecule has 0 aliphatic carbocycles. The van der Waals surface area contributed by atoms with Gasteiger partial charge >= 0.3 is 5.97 Å². The van der Waals surface area contributed by atoms with E-state index in [4.69, 9.17) is 14.5 Å². The fraction of sp³-hybridized carbons (Fsp3) is 0.558. The zero-order chi connectivity index (χ0) is 47.6. The first-order valence-electron chi connectivity index (χ1n) is 24.4. The number of benzene rings is 2. The number of nitrogens with zero attached hydrogens (tertiary/aromatic N) is 5. The smallest absolute Gasteiger partial charge is 0.324 e. The monoisotopic (exact) mass is 919 g/mol. The van der Waals surface area contributed by atoms with Crippen molar-refractivity contribution in [1.82, 2.24) is 40.4 Å². The van der Waals surface area contributed by atoms with E-state index >= 15 is 0 Å². The Morgan fingerprint density at radius 1 is 0.985 bits per heavy atom. The number of nitrogens with one attached hydrogen (secondary N) is 3. The molecule has 3 fully saturated rings. The van der Waals surface area contributed by atoms with Gasteiger partial charge in [0.2, 0.25) is 11.8 Å². The number of rotatable bonds is 9. The Balaban J connectivity index is 1.18. The second-order valence-corrected chi connectivity index (χ2v) is 20.1. The van der Waals surface area contributed by atoms with E-state index in [1.807, 2.05) is 37.8 Å². The number of aromatic hydroxyl groups is 1. The predicted molar refractivity (Wildman–Crippen MR) is 258 cm³/mol. The van der Waals surface area contributed by atoms with E-state index in [2.05, 4.69) is 70.6 Å². The highest BCUT2D eigenvalue weighted by molar-refractivity contribution is 5.96. The van der Waals surface area contributed by atoms with E-state index in [1.165, 1.54) is 5.01 Å². The van der Waals surface area contributed by atoms with Crippen LogP contribution in [-0.4, -0.2) is 130 Å². The van der Waals surface area contributed by atoms with Gasteiger partial charge in [-0.05, 0) is 123 Å². The molecule has 8 rings (SSSR count). The van der Waals surface area contributed by atoms with Gasteiger partial charge < -0.3 is 34.7 Å². The van der Waals surface area contributed by atoms with Gasteiger partial charge in [-0.25, -0.2) is 5.43 Å². The molecule has 67 heavy (non-hydrogen) atoms. The number of fused-ring (bicyclic) bond motifs is 6. The molecule has 2 aromatic carbocycles. The van der Waals surface area contributed by atoms with Crippen molar-refractivity contribution >= 4 is 34.6 Å². The molecule has 6 heterocycles. The average molecular weight is 919 g/mol. The van der Waals surface area contributed by atoms with Crippen molar-refractivity contribution in [3.8, 4) is 28.1 Å². The molecule has 5 atom stereocenters. The Kier molecular flexibility index (Phi) is 14.7. The number of hydrogen-bond donors (Lipinski definition) is 4. The van der Waals surface area contributed by atoms with E-state index in [9.17, 15) is 24.3 Å². The Hall–Kier alpha value is -5.35. The summed E-state index contributed by atoms with van der Waals surface area (Å²) >= 11 is 0. The fourth-order valence-corrected chi connectivity index (χ4v) is 10.5. The topological polar surface area (TPSA) is 181 Å². The summed E-state index contributed by atoms with van der Waals surface area (Å²) in [4.78, 5) is 65.5. The molecule has 15 heteroatoms. The number of amides is 3. The summed E-state index contributed by atoms with van der Waals surface area (Å²) in [6.07, 6.45) is 5.62. The molecule has 6 bridgehead atoms. The van der Waals surface area contributed by atoms with Crippen LogP contribution in [0.15, 0.2) is 54.7 Å².